The minimum absolute atomic E-state index is 0.252. The van der Waals surface area contributed by atoms with Gasteiger partial charge in [-0.3, -0.25) is 0 Å². The molecule has 2 N–H and O–H groups in total. The van der Waals surface area contributed by atoms with Crippen LogP contribution in [0.25, 0.3) is 0 Å². The standard InChI is InChI=1S/C13H13N3O2S/c17-13(18-9-10-4-2-1-3-5-10)16-8-11-6-14-12(19)15-7-11/h1-7H,8-9H2,(H,16,17)(H,14,15,19). The van der Waals surface area contributed by atoms with Gasteiger partial charge in [-0.2, -0.15) is 0 Å². The van der Waals surface area contributed by atoms with Crippen molar-refractivity contribution in [2.24, 2.45) is 0 Å². The van der Waals surface area contributed by atoms with Crippen molar-refractivity contribution in [3.05, 3.63) is 58.6 Å². The van der Waals surface area contributed by atoms with Crippen molar-refractivity contribution in [1.82, 2.24) is 15.3 Å². The number of H-pyrrole nitrogens is 1. The summed E-state index contributed by atoms with van der Waals surface area (Å²) in [7, 11) is 0. The molecule has 1 heterocycles. The molecule has 5 nitrogen and oxygen atoms in total. The lowest BCUT2D eigenvalue weighted by molar-refractivity contribution is 0.139. The Morgan fingerprint density at radius 2 is 2.11 bits per heavy atom. The van der Waals surface area contributed by atoms with E-state index in [1.165, 1.54) is 0 Å². The minimum Gasteiger partial charge on any atom is -0.445 e. The third-order valence-electron chi connectivity index (χ3n) is 2.38. The molecule has 0 saturated heterocycles. The van der Waals surface area contributed by atoms with Crippen molar-refractivity contribution < 1.29 is 9.53 Å². The van der Waals surface area contributed by atoms with Gasteiger partial charge in [0.15, 0.2) is 4.77 Å². The first kappa shape index (κ1) is 13.2. The molecule has 0 aliphatic rings. The van der Waals surface area contributed by atoms with Crippen LogP contribution in [0.3, 0.4) is 0 Å². The maximum atomic E-state index is 11.5. The van der Waals surface area contributed by atoms with E-state index in [0.717, 1.165) is 11.1 Å². The number of carbonyl (C=O) groups is 1. The smallest absolute Gasteiger partial charge is 0.407 e. The maximum Gasteiger partial charge on any atom is 0.407 e. The first-order chi connectivity index (χ1) is 9.24. The highest BCUT2D eigenvalue weighted by atomic mass is 32.1. The minimum atomic E-state index is -0.466. The number of hydrogen-bond acceptors (Lipinski definition) is 4. The molecular weight excluding hydrogens is 262 g/mol. The third-order valence-corrected chi connectivity index (χ3v) is 2.60. The summed E-state index contributed by atoms with van der Waals surface area (Å²) < 4.78 is 5.48. The average molecular weight is 275 g/mol. The summed E-state index contributed by atoms with van der Waals surface area (Å²) in [4.78, 5) is 18.2. The van der Waals surface area contributed by atoms with Crippen LogP contribution in [0.5, 0.6) is 0 Å². The van der Waals surface area contributed by atoms with E-state index in [1.807, 2.05) is 30.3 Å². The zero-order chi connectivity index (χ0) is 13.5. The number of ether oxygens (including phenoxy) is 1. The Morgan fingerprint density at radius 1 is 1.32 bits per heavy atom. The molecule has 1 aromatic heterocycles. The monoisotopic (exact) mass is 275 g/mol. The third kappa shape index (κ3) is 4.51. The van der Waals surface area contributed by atoms with Gasteiger partial charge in [0, 0.05) is 24.5 Å². The number of aromatic amines is 1. The molecule has 19 heavy (non-hydrogen) atoms. The topological polar surface area (TPSA) is 67.0 Å². The molecule has 1 aromatic carbocycles. The van der Waals surface area contributed by atoms with Gasteiger partial charge in [-0.05, 0) is 17.8 Å². The lowest BCUT2D eigenvalue weighted by atomic mass is 10.2. The van der Waals surface area contributed by atoms with Gasteiger partial charge in [0.25, 0.3) is 0 Å². The van der Waals surface area contributed by atoms with Crippen LogP contribution in [0.4, 0.5) is 4.79 Å². The quantitative estimate of drug-likeness (QED) is 0.842. The molecule has 0 unspecified atom stereocenters. The number of nitrogens with one attached hydrogen (secondary N) is 2. The molecule has 2 rings (SSSR count). The molecule has 0 spiro atoms. The summed E-state index contributed by atoms with van der Waals surface area (Å²) in [6.07, 6.45) is 2.84. The van der Waals surface area contributed by atoms with Crippen LogP contribution in [-0.4, -0.2) is 16.1 Å². The van der Waals surface area contributed by atoms with E-state index >= 15 is 0 Å². The molecule has 0 atom stereocenters. The molecule has 6 heteroatoms. The van der Waals surface area contributed by atoms with E-state index in [-0.39, 0.29) is 6.61 Å². The molecule has 0 aliphatic carbocycles. The van der Waals surface area contributed by atoms with Crippen LogP contribution in [0.15, 0.2) is 42.7 Å². The molecule has 1 amide bonds. The van der Waals surface area contributed by atoms with Gasteiger partial charge in [0.2, 0.25) is 0 Å². The van der Waals surface area contributed by atoms with Crippen molar-refractivity contribution in [2.45, 2.75) is 13.2 Å². The molecular formula is C13H13N3O2S. The van der Waals surface area contributed by atoms with Crippen LogP contribution >= 0.6 is 12.2 Å². The van der Waals surface area contributed by atoms with Gasteiger partial charge in [0.1, 0.15) is 6.61 Å². The molecule has 2 aromatic rings. The zero-order valence-corrected chi connectivity index (χ0v) is 10.9. The first-order valence-corrected chi connectivity index (χ1v) is 6.13. The molecule has 98 valence electrons. The van der Waals surface area contributed by atoms with E-state index in [0.29, 0.717) is 11.3 Å². The molecule has 0 aliphatic heterocycles. The number of rotatable bonds is 4. The maximum absolute atomic E-state index is 11.5. The molecule has 0 bridgehead atoms. The van der Waals surface area contributed by atoms with Gasteiger partial charge < -0.3 is 15.0 Å². The number of benzene rings is 1. The summed E-state index contributed by atoms with van der Waals surface area (Å²) >= 11 is 4.82. The largest absolute Gasteiger partial charge is 0.445 e. The van der Waals surface area contributed by atoms with Gasteiger partial charge in [-0.25, -0.2) is 9.78 Å². The normalized spacial score (nSPS) is 9.89. The Bertz CT molecular complexity index is 578. The van der Waals surface area contributed by atoms with Crippen LogP contribution < -0.4 is 5.32 Å². The van der Waals surface area contributed by atoms with Crippen LogP contribution in [0.1, 0.15) is 11.1 Å². The van der Waals surface area contributed by atoms with Gasteiger partial charge in [-0.1, -0.05) is 30.3 Å². The van der Waals surface area contributed by atoms with E-state index < -0.39 is 6.09 Å². The summed E-state index contributed by atoms with van der Waals surface area (Å²) in [5.74, 6) is 0. The molecule has 0 saturated carbocycles. The van der Waals surface area contributed by atoms with Crippen LogP contribution in [0, 0.1) is 4.77 Å². The number of hydrogen-bond donors (Lipinski definition) is 2. The van der Waals surface area contributed by atoms with Crippen LogP contribution in [0.2, 0.25) is 0 Å². The van der Waals surface area contributed by atoms with Crippen molar-refractivity contribution in [3.8, 4) is 0 Å². The highest BCUT2D eigenvalue weighted by Crippen LogP contribution is 2.01. The SMILES string of the molecule is O=C(NCc1cnc(=S)[nH]c1)OCc1ccccc1. The number of aromatic nitrogens is 2. The fourth-order valence-corrected chi connectivity index (χ4v) is 1.53. The lowest BCUT2D eigenvalue weighted by Gasteiger charge is -2.06. The van der Waals surface area contributed by atoms with Crippen LogP contribution in [-0.2, 0) is 17.9 Å². The van der Waals surface area contributed by atoms with E-state index in [4.69, 9.17) is 17.0 Å². The Balaban J connectivity index is 1.76. The molecule has 0 fully saturated rings. The zero-order valence-electron chi connectivity index (χ0n) is 10.1. The predicted octanol–water partition coefficient (Wildman–Crippen LogP) is 2.57. The number of amides is 1. The van der Waals surface area contributed by atoms with Crippen molar-refractivity contribution >= 4 is 18.3 Å². The van der Waals surface area contributed by atoms with E-state index in [2.05, 4.69) is 15.3 Å². The van der Waals surface area contributed by atoms with E-state index in [1.54, 1.807) is 12.4 Å². The number of alkyl carbamates (subject to hydrolysis) is 1. The Hall–Kier alpha value is -2.21. The van der Waals surface area contributed by atoms with Crippen molar-refractivity contribution in [3.63, 3.8) is 0 Å². The van der Waals surface area contributed by atoms with Gasteiger partial charge in [-0.15, -0.1) is 0 Å². The van der Waals surface area contributed by atoms with Crippen molar-refractivity contribution in [2.75, 3.05) is 0 Å². The Morgan fingerprint density at radius 3 is 2.79 bits per heavy atom. The Labute approximate surface area is 115 Å². The molecule has 0 radical (unpaired) electrons. The summed E-state index contributed by atoms with van der Waals surface area (Å²) in [6.45, 7) is 0.592. The second-order valence-electron chi connectivity index (χ2n) is 3.84. The van der Waals surface area contributed by atoms with E-state index in [9.17, 15) is 4.79 Å². The summed E-state index contributed by atoms with van der Waals surface area (Å²) in [5.41, 5.74) is 1.77. The second-order valence-corrected chi connectivity index (χ2v) is 4.23. The first-order valence-electron chi connectivity index (χ1n) is 5.72. The highest BCUT2D eigenvalue weighted by molar-refractivity contribution is 7.71. The fraction of sp³-hybridized carbons (Fsp3) is 0.154. The number of nitrogens with zero attached hydrogens (tertiary/aromatic N) is 1. The Kier molecular flexibility index (Phi) is 4.63. The average Bonchev–Trinajstić information content (AvgIpc) is 2.45. The van der Waals surface area contributed by atoms with Crippen molar-refractivity contribution in [1.29, 1.82) is 0 Å². The number of carbonyl (C=O) groups excluding carboxylic acids is 1. The van der Waals surface area contributed by atoms with Gasteiger partial charge >= 0.3 is 6.09 Å². The fourth-order valence-electron chi connectivity index (χ4n) is 1.42. The highest BCUT2D eigenvalue weighted by Gasteiger charge is 2.02. The van der Waals surface area contributed by atoms with Gasteiger partial charge in [0.05, 0.1) is 0 Å². The lowest BCUT2D eigenvalue weighted by Crippen LogP contribution is -2.23. The summed E-state index contributed by atoms with van der Waals surface area (Å²) in [5, 5.41) is 2.63. The summed E-state index contributed by atoms with van der Waals surface area (Å²) in [6, 6.07) is 9.50. The second kappa shape index (κ2) is 6.65. The predicted molar refractivity (Wildman–Crippen MR) is 72.9 cm³/mol.